The third kappa shape index (κ3) is 3.03. The maximum Gasteiger partial charge on any atom is 0.0594 e. The van der Waals surface area contributed by atoms with Gasteiger partial charge in [0.05, 0.1) is 13.2 Å². The lowest BCUT2D eigenvalue weighted by Gasteiger charge is -2.29. The molecule has 1 fully saturated rings. The average molecular weight is 351 g/mol. The van der Waals surface area contributed by atoms with Crippen LogP contribution < -0.4 is 0 Å². The zero-order chi connectivity index (χ0) is 16.6. The molecule has 2 aromatic rings. The molecule has 0 N–H and O–H groups in total. The van der Waals surface area contributed by atoms with E-state index in [0.29, 0.717) is 0 Å². The number of allylic oxidation sites excluding steroid dienone is 2. The minimum absolute atomic E-state index is 0.874. The minimum Gasteiger partial charge on any atom is -0.379 e. The van der Waals surface area contributed by atoms with Gasteiger partial charge in [-0.15, -0.1) is 0 Å². The van der Waals surface area contributed by atoms with Crippen molar-refractivity contribution in [1.82, 2.24) is 14.8 Å². The first-order chi connectivity index (χ1) is 12.4. The van der Waals surface area contributed by atoms with Crippen LogP contribution >= 0.6 is 11.3 Å². The number of morpholine rings is 1. The Morgan fingerprint density at radius 3 is 2.80 bits per heavy atom. The van der Waals surface area contributed by atoms with Crippen molar-refractivity contribution < 1.29 is 4.74 Å². The number of aromatic nitrogens is 1. The van der Waals surface area contributed by atoms with Gasteiger partial charge >= 0.3 is 0 Å². The summed E-state index contributed by atoms with van der Waals surface area (Å²) < 4.78 is 5.44. The lowest BCUT2D eigenvalue weighted by molar-refractivity contribution is 0.0356. The van der Waals surface area contributed by atoms with Crippen LogP contribution in [0.15, 0.2) is 52.6 Å². The molecule has 0 aromatic carbocycles. The third-order valence-corrected chi connectivity index (χ3v) is 5.90. The van der Waals surface area contributed by atoms with E-state index in [4.69, 9.17) is 4.74 Å². The van der Waals surface area contributed by atoms with E-state index < -0.39 is 0 Å². The molecule has 25 heavy (non-hydrogen) atoms. The van der Waals surface area contributed by atoms with Gasteiger partial charge in [0.25, 0.3) is 0 Å². The van der Waals surface area contributed by atoms with Crippen molar-refractivity contribution in [2.24, 2.45) is 0 Å². The normalized spacial score (nSPS) is 20.0. The third-order valence-electron chi connectivity index (χ3n) is 5.22. The zero-order valence-corrected chi connectivity index (χ0v) is 15.0. The molecule has 0 unspecified atom stereocenters. The van der Waals surface area contributed by atoms with Crippen LogP contribution in [0, 0.1) is 0 Å². The van der Waals surface area contributed by atoms with Crippen LogP contribution in [0.1, 0.15) is 5.56 Å². The van der Waals surface area contributed by atoms with E-state index in [1.54, 1.807) is 11.3 Å². The van der Waals surface area contributed by atoms with Gasteiger partial charge in [-0.25, -0.2) is 0 Å². The Morgan fingerprint density at radius 1 is 1.08 bits per heavy atom. The van der Waals surface area contributed by atoms with Gasteiger partial charge in [-0.3, -0.25) is 9.88 Å². The Bertz CT molecular complexity index is 834. The summed E-state index contributed by atoms with van der Waals surface area (Å²) in [5, 5.41) is 4.30. The fourth-order valence-corrected chi connectivity index (χ4v) is 4.35. The van der Waals surface area contributed by atoms with Gasteiger partial charge in [-0.2, -0.15) is 11.3 Å². The standard InChI is InChI=1S/C20H21N3OS/c1-8-25-14-15(1)16-9-17(12-21-11-16)19-13-23(20-10-18(19)20)3-2-22-4-6-24-7-5-22/h1,8-12,14H,2-7,13H2. The molecular weight excluding hydrogens is 330 g/mol. The topological polar surface area (TPSA) is 28.6 Å². The Balaban J connectivity index is 1.27. The summed E-state index contributed by atoms with van der Waals surface area (Å²) in [6.07, 6.45) is 6.28. The SMILES string of the molecule is C1=C2C1=C(c1cncc(-c3ccsc3)c1)CN2CCN1CCOCC1. The molecule has 0 bridgehead atoms. The molecule has 128 valence electrons. The minimum atomic E-state index is 0.874. The molecular formula is C20H21N3OS. The summed E-state index contributed by atoms with van der Waals surface area (Å²) in [5.74, 6) is 0. The highest BCUT2D eigenvalue weighted by Gasteiger charge is 2.35. The molecule has 0 saturated carbocycles. The number of fused-ring (bicyclic) bond motifs is 1. The quantitative estimate of drug-likeness (QED) is 0.828. The molecule has 5 heteroatoms. The highest BCUT2D eigenvalue weighted by Crippen LogP contribution is 2.45. The van der Waals surface area contributed by atoms with Gasteiger partial charge in [-0.05, 0) is 45.7 Å². The number of hydrogen-bond acceptors (Lipinski definition) is 5. The lowest BCUT2D eigenvalue weighted by atomic mass is 10.0. The molecule has 0 atom stereocenters. The smallest absolute Gasteiger partial charge is 0.0594 e. The second-order valence-electron chi connectivity index (χ2n) is 6.77. The Hall–Kier alpha value is -1.95. The van der Waals surface area contributed by atoms with E-state index in [1.807, 2.05) is 12.4 Å². The largest absolute Gasteiger partial charge is 0.379 e. The van der Waals surface area contributed by atoms with E-state index in [1.165, 1.54) is 33.5 Å². The van der Waals surface area contributed by atoms with E-state index in [9.17, 15) is 0 Å². The zero-order valence-electron chi connectivity index (χ0n) is 14.1. The van der Waals surface area contributed by atoms with E-state index in [0.717, 1.165) is 45.9 Å². The predicted molar refractivity (Wildman–Crippen MR) is 101 cm³/mol. The van der Waals surface area contributed by atoms with Crippen molar-refractivity contribution in [2.45, 2.75) is 0 Å². The van der Waals surface area contributed by atoms with Gasteiger partial charge in [0.1, 0.15) is 0 Å². The van der Waals surface area contributed by atoms with Crippen molar-refractivity contribution in [3.05, 3.63) is 58.2 Å². The van der Waals surface area contributed by atoms with Gasteiger partial charge in [0, 0.05) is 62.0 Å². The lowest BCUT2D eigenvalue weighted by Crippen LogP contribution is -2.40. The highest BCUT2D eigenvalue weighted by molar-refractivity contribution is 7.08. The van der Waals surface area contributed by atoms with E-state index >= 15 is 0 Å². The molecule has 1 aliphatic carbocycles. The van der Waals surface area contributed by atoms with Crippen LogP contribution in [0.4, 0.5) is 0 Å². The maximum absolute atomic E-state index is 5.44. The average Bonchev–Trinajstić information content (AvgIpc) is 3.11. The van der Waals surface area contributed by atoms with E-state index in [2.05, 4.69) is 43.8 Å². The first-order valence-corrected chi connectivity index (χ1v) is 9.81. The maximum atomic E-state index is 5.44. The molecule has 2 aliphatic heterocycles. The first kappa shape index (κ1) is 15.3. The highest BCUT2D eigenvalue weighted by atomic mass is 32.1. The Labute approximate surface area is 152 Å². The van der Waals surface area contributed by atoms with Crippen LogP contribution in [-0.4, -0.2) is 60.7 Å². The van der Waals surface area contributed by atoms with Crippen molar-refractivity contribution in [3.8, 4) is 11.1 Å². The molecule has 0 amide bonds. The van der Waals surface area contributed by atoms with Gasteiger partial charge < -0.3 is 9.64 Å². The second kappa shape index (κ2) is 6.41. The van der Waals surface area contributed by atoms with Crippen LogP contribution in [0.3, 0.4) is 0 Å². The summed E-state index contributed by atoms with van der Waals surface area (Å²) in [4.78, 5) is 9.50. The molecule has 0 spiro atoms. The summed E-state index contributed by atoms with van der Waals surface area (Å²) >= 11 is 1.73. The van der Waals surface area contributed by atoms with Crippen molar-refractivity contribution in [1.29, 1.82) is 0 Å². The Morgan fingerprint density at radius 2 is 1.96 bits per heavy atom. The number of thiophene rings is 1. The van der Waals surface area contributed by atoms with Crippen molar-refractivity contribution >= 4 is 16.9 Å². The molecule has 3 aliphatic rings. The molecule has 4 nitrogen and oxygen atoms in total. The number of hydrogen-bond donors (Lipinski definition) is 0. The first-order valence-electron chi connectivity index (χ1n) is 8.87. The van der Waals surface area contributed by atoms with Gasteiger partial charge in [0.2, 0.25) is 0 Å². The molecule has 2 aromatic heterocycles. The fourth-order valence-electron chi connectivity index (χ4n) is 3.69. The van der Waals surface area contributed by atoms with Crippen molar-refractivity contribution in [2.75, 3.05) is 45.9 Å². The molecule has 0 radical (unpaired) electrons. The van der Waals surface area contributed by atoms with Gasteiger partial charge in [0.15, 0.2) is 0 Å². The van der Waals surface area contributed by atoms with Crippen LogP contribution in [0.5, 0.6) is 0 Å². The number of nitrogens with zero attached hydrogens (tertiary/aromatic N) is 3. The van der Waals surface area contributed by atoms with Crippen LogP contribution in [0.2, 0.25) is 0 Å². The number of ether oxygens (including phenoxy) is 1. The molecule has 5 rings (SSSR count). The van der Waals surface area contributed by atoms with Gasteiger partial charge in [-0.1, -0.05) is 0 Å². The summed E-state index contributed by atoms with van der Waals surface area (Å²) in [7, 11) is 0. The van der Waals surface area contributed by atoms with Crippen LogP contribution in [0.25, 0.3) is 16.7 Å². The van der Waals surface area contributed by atoms with Crippen LogP contribution in [-0.2, 0) is 4.74 Å². The Kier molecular flexibility index (Phi) is 3.93. The summed E-state index contributed by atoms with van der Waals surface area (Å²) in [6.45, 7) is 7.10. The molecule has 4 heterocycles. The summed E-state index contributed by atoms with van der Waals surface area (Å²) in [5.41, 5.74) is 8.03. The summed E-state index contributed by atoms with van der Waals surface area (Å²) in [6, 6.07) is 4.44. The fraction of sp³-hybridized carbons (Fsp3) is 0.350. The number of rotatable bonds is 5. The predicted octanol–water partition coefficient (Wildman–Crippen LogP) is 3.11. The van der Waals surface area contributed by atoms with Crippen molar-refractivity contribution in [3.63, 3.8) is 0 Å². The number of pyridine rings is 1. The second-order valence-corrected chi connectivity index (χ2v) is 7.55. The van der Waals surface area contributed by atoms with E-state index in [-0.39, 0.29) is 0 Å². The monoisotopic (exact) mass is 351 g/mol. The molecule has 1 saturated heterocycles.